The van der Waals surface area contributed by atoms with E-state index in [-0.39, 0.29) is 23.9 Å². The van der Waals surface area contributed by atoms with Crippen molar-refractivity contribution in [3.63, 3.8) is 0 Å². The summed E-state index contributed by atoms with van der Waals surface area (Å²) in [5, 5.41) is 3.76. The molecule has 2 aromatic carbocycles. The van der Waals surface area contributed by atoms with Crippen LogP contribution >= 0.6 is 11.8 Å². The Balaban J connectivity index is 1.56. The molecule has 148 valence electrons. The standard InChI is InChI=1S/C23H23N3O2S/c1-3-18-15(2)24-23-26(22(18)28)17(14-29-23)13-21(27)25-20-12-8-7-11-19(20)16-9-5-4-6-10-16/h4-12,17H,3,13-14H2,1-2H3,(H,25,27). The summed E-state index contributed by atoms with van der Waals surface area (Å²) in [7, 11) is 0. The number of fused-ring (bicyclic) bond motifs is 1. The number of benzene rings is 2. The van der Waals surface area contributed by atoms with Crippen LogP contribution in [0.5, 0.6) is 0 Å². The first-order valence-electron chi connectivity index (χ1n) is 9.77. The summed E-state index contributed by atoms with van der Waals surface area (Å²) in [6.07, 6.45) is 0.892. The number of amides is 1. The average molecular weight is 406 g/mol. The third-order valence-corrected chi connectivity index (χ3v) is 6.31. The molecule has 0 spiro atoms. The van der Waals surface area contributed by atoms with E-state index in [0.717, 1.165) is 28.1 Å². The zero-order valence-electron chi connectivity index (χ0n) is 16.5. The lowest BCUT2D eigenvalue weighted by atomic mass is 10.0. The summed E-state index contributed by atoms with van der Waals surface area (Å²) in [5.41, 5.74) is 4.31. The van der Waals surface area contributed by atoms with E-state index in [9.17, 15) is 9.59 Å². The van der Waals surface area contributed by atoms with Crippen LogP contribution < -0.4 is 10.9 Å². The SMILES string of the molecule is CCc1c(C)nc2n(c1=O)C(CC(=O)Nc1ccccc1-c1ccccc1)CS2. The quantitative estimate of drug-likeness (QED) is 0.637. The minimum absolute atomic E-state index is 0.0116. The molecule has 1 unspecified atom stereocenters. The zero-order chi connectivity index (χ0) is 20.4. The van der Waals surface area contributed by atoms with Gasteiger partial charge in [-0.1, -0.05) is 67.2 Å². The van der Waals surface area contributed by atoms with Crippen LogP contribution in [-0.4, -0.2) is 21.2 Å². The first kappa shape index (κ1) is 19.5. The Morgan fingerprint density at radius 1 is 1.17 bits per heavy atom. The highest BCUT2D eigenvalue weighted by Crippen LogP contribution is 2.33. The number of thioether (sulfide) groups is 1. The van der Waals surface area contributed by atoms with Crippen LogP contribution in [0.1, 0.15) is 30.6 Å². The second-order valence-electron chi connectivity index (χ2n) is 7.12. The number of aryl methyl sites for hydroxylation is 1. The van der Waals surface area contributed by atoms with E-state index in [1.54, 1.807) is 16.3 Å². The monoisotopic (exact) mass is 405 g/mol. The van der Waals surface area contributed by atoms with Gasteiger partial charge in [-0.05, 0) is 25.0 Å². The summed E-state index contributed by atoms with van der Waals surface area (Å²) >= 11 is 1.54. The number of carbonyl (C=O) groups excluding carboxylic acids is 1. The molecule has 3 aromatic rings. The Kier molecular flexibility index (Phi) is 5.53. The van der Waals surface area contributed by atoms with E-state index < -0.39 is 0 Å². The van der Waals surface area contributed by atoms with Gasteiger partial charge in [0.05, 0.1) is 6.04 Å². The lowest BCUT2D eigenvalue weighted by Gasteiger charge is -2.16. The predicted molar refractivity (Wildman–Crippen MR) is 117 cm³/mol. The van der Waals surface area contributed by atoms with E-state index in [1.807, 2.05) is 68.4 Å². The van der Waals surface area contributed by atoms with Gasteiger partial charge in [0.2, 0.25) is 5.91 Å². The van der Waals surface area contributed by atoms with Crippen molar-refractivity contribution < 1.29 is 4.79 Å². The van der Waals surface area contributed by atoms with Gasteiger partial charge in [0, 0.05) is 34.7 Å². The first-order chi connectivity index (χ1) is 14.1. The number of hydrogen-bond donors (Lipinski definition) is 1. The van der Waals surface area contributed by atoms with Gasteiger partial charge in [-0.15, -0.1) is 0 Å². The minimum Gasteiger partial charge on any atom is -0.325 e. The van der Waals surface area contributed by atoms with E-state index >= 15 is 0 Å². The number of hydrogen-bond acceptors (Lipinski definition) is 4. The molecular formula is C23H23N3O2S. The number of anilines is 1. The van der Waals surface area contributed by atoms with E-state index in [4.69, 9.17) is 0 Å². The maximum Gasteiger partial charge on any atom is 0.257 e. The smallest absolute Gasteiger partial charge is 0.257 e. The van der Waals surface area contributed by atoms with Crippen LogP contribution in [0.3, 0.4) is 0 Å². The van der Waals surface area contributed by atoms with Crippen molar-refractivity contribution in [1.29, 1.82) is 0 Å². The number of carbonyl (C=O) groups is 1. The summed E-state index contributed by atoms with van der Waals surface area (Å²) in [5.74, 6) is 0.583. The zero-order valence-corrected chi connectivity index (χ0v) is 17.3. The number of nitrogens with zero attached hydrogens (tertiary/aromatic N) is 2. The summed E-state index contributed by atoms with van der Waals surface area (Å²) in [6, 6.07) is 17.6. The Hall–Kier alpha value is -2.86. The molecule has 1 N–H and O–H groups in total. The molecule has 29 heavy (non-hydrogen) atoms. The van der Waals surface area contributed by atoms with Gasteiger partial charge >= 0.3 is 0 Å². The van der Waals surface area contributed by atoms with Crippen LogP contribution in [-0.2, 0) is 11.2 Å². The largest absolute Gasteiger partial charge is 0.325 e. The number of nitrogens with one attached hydrogen (secondary N) is 1. The number of rotatable bonds is 5. The topological polar surface area (TPSA) is 64.0 Å². The maximum absolute atomic E-state index is 12.9. The molecule has 1 aromatic heterocycles. The molecule has 0 fully saturated rings. The number of aromatic nitrogens is 2. The number of para-hydroxylation sites is 1. The summed E-state index contributed by atoms with van der Waals surface area (Å²) < 4.78 is 1.71. The molecule has 1 atom stereocenters. The minimum atomic E-state index is -0.176. The van der Waals surface area contributed by atoms with Gasteiger partial charge in [0.25, 0.3) is 5.56 Å². The van der Waals surface area contributed by atoms with E-state index in [1.165, 1.54) is 0 Å². The lowest BCUT2D eigenvalue weighted by Crippen LogP contribution is -2.30. The average Bonchev–Trinajstić information content (AvgIpc) is 3.11. The van der Waals surface area contributed by atoms with Crippen LogP contribution in [0.2, 0.25) is 0 Å². The van der Waals surface area contributed by atoms with Crippen molar-refractivity contribution in [2.75, 3.05) is 11.1 Å². The highest BCUT2D eigenvalue weighted by Gasteiger charge is 2.29. The van der Waals surface area contributed by atoms with Gasteiger partial charge in [-0.2, -0.15) is 0 Å². The fourth-order valence-corrected chi connectivity index (χ4v) is 4.94. The molecule has 0 bridgehead atoms. The second kappa shape index (κ2) is 8.25. The molecule has 0 saturated heterocycles. The Morgan fingerprint density at radius 3 is 2.66 bits per heavy atom. The fourth-order valence-electron chi connectivity index (χ4n) is 3.75. The lowest BCUT2D eigenvalue weighted by molar-refractivity contribution is -0.116. The predicted octanol–water partition coefficient (Wildman–Crippen LogP) is 4.46. The van der Waals surface area contributed by atoms with Crippen LogP contribution in [0.25, 0.3) is 11.1 Å². The third-order valence-electron chi connectivity index (χ3n) is 5.21. The molecule has 0 aliphatic carbocycles. The molecular weight excluding hydrogens is 382 g/mol. The molecule has 1 amide bonds. The summed E-state index contributed by atoms with van der Waals surface area (Å²) in [6.45, 7) is 3.84. The normalized spacial score (nSPS) is 15.2. The van der Waals surface area contributed by atoms with Crippen LogP contribution in [0.4, 0.5) is 5.69 Å². The second-order valence-corrected chi connectivity index (χ2v) is 8.10. The van der Waals surface area contributed by atoms with Gasteiger partial charge in [0.15, 0.2) is 5.16 Å². The van der Waals surface area contributed by atoms with E-state index in [0.29, 0.717) is 17.3 Å². The van der Waals surface area contributed by atoms with Crippen molar-refractivity contribution in [3.8, 4) is 11.1 Å². The van der Waals surface area contributed by atoms with Crippen molar-refractivity contribution in [2.24, 2.45) is 0 Å². The van der Waals surface area contributed by atoms with Crippen molar-refractivity contribution in [1.82, 2.24) is 9.55 Å². The van der Waals surface area contributed by atoms with Crippen LogP contribution in [0.15, 0.2) is 64.5 Å². The maximum atomic E-state index is 12.9. The fraction of sp³-hybridized carbons (Fsp3) is 0.261. The molecule has 0 saturated carbocycles. The molecule has 5 nitrogen and oxygen atoms in total. The van der Waals surface area contributed by atoms with Crippen molar-refractivity contribution in [2.45, 2.75) is 37.9 Å². The Morgan fingerprint density at radius 2 is 1.90 bits per heavy atom. The Bertz CT molecular complexity index is 1110. The molecule has 2 heterocycles. The van der Waals surface area contributed by atoms with Gasteiger partial charge in [-0.25, -0.2) is 4.98 Å². The summed E-state index contributed by atoms with van der Waals surface area (Å²) in [4.78, 5) is 30.3. The molecule has 0 radical (unpaired) electrons. The molecule has 6 heteroatoms. The third kappa shape index (κ3) is 3.85. The van der Waals surface area contributed by atoms with Crippen molar-refractivity contribution >= 4 is 23.4 Å². The first-order valence-corrected chi connectivity index (χ1v) is 10.8. The van der Waals surface area contributed by atoms with Gasteiger partial charge in [0.1, 0.15) is 0 Å². The van der Waals surface area contributed by atoms with Gasteiger partial charge in [-0.3, -0.25) is 14.2 Å². The van der Waals surface area contributed by atoms with Crippen molar-refractivity contribution in [3.05, 3.63) is 76.2 Å². The molecule has 1 aliphatic heterocycles. The molecule has 4 rings (SSSR count). The van der Waals surface area contributed by atoms with Crippen LogP contribution in [0, 0.1) is 6.92 Å². The van der Waals surface area contributed by atoms with Gasteiger partial charge < -0.3 is 5.32 Å². The Labute approximate surface area is 174 Å². The highest BCUT2D eigenvalue weighted by atomic mass is 32.2. The molecule has 1 aliphatic rings. The highest BCUT2D eigenvalue weighted by molar-refractivity contribution is 7.99. The van der Waals surface area contributed by atoms with E-state index in [2.05, 4.69) is 10.3 Å².